The molecule has 29 heavy (non-hydrogen) atoms. The van der Waals surface area contributed by atoms with Crippen LogP contribution in [0.1, 0.15) is 29.1 Å². The first-order chi connectivity index (χ1) is 13.6. The third kappa shape index (κ3) is 9.49. The number of carbonyl (C=O) groups excluding carboxylic acids is 1. The van der Waals surface area contributed by atoms with Crippen molar-refractivity contribution in [3.63, 3.8) is 0 Å². The zero-order valence-electron chi connectivity index (χ0n) is 17.2. The summed E-state index contributed by atoms with van der Waals surface area (Å²) in [6.45, 7) is 6.90. The van der Waals surface area contributed by atoms with E-state index in [9.17, 15) is 4.79 Å². The third-order valence-corrected chi connectivity index (χ3v) is 4.97. The van der Waals surface area contributed by atoms with Gasteiger partial charge in [0.25, 0.3) is 5.91 Å². The number of hydrogen-bond acceptors (Lipinski definition) is 4. The van der Waals surface area contributed by atoms with Crippen molar-refractivity contribution < 1.29 is 9.53 Å². The SMILES string of the molecule is CCNC(=NCC(C)Cc1cccs1)NCCNC(=O)c1cccc(OC)c1.I. The average Bonchev–Trinajstić information content (AvgIpc) is 3.22. The molecule has 0 saturated carbocycles. The topological polar surface area (TPSA) is 74.8 Å². The largest absolute Gasteiger partial charge is 0.497 e. The molecule has 0 spiro atoms. The predicted octanol–water partition coefficient (Wildman–Crippen LogP) is 3.54. The summed E-state index contributed by atoms with van der Waals surface area (Å²) in [7, 11) is 1.59. The van der Waals surface area contributed by atoms with Crippen LogP contribution in [0, 0.1) is 5.92 Å². The Labute approximate surface area is 194 Å². The summed E-state index contributed by atoms with van der Waals surface area (Å²) in [5, 5.41) is 11.5. The Hall–Kier alpha value is -1.81. The molecule has 3 N–H and O–H groups in total. The van der Waals surface area contributed by atoms with E-state index in [-0.39, 0.29) is 29.9 Å². The second-order valence-electron chi connectivity index (χ2n) is 6.52. The van der Waals surface area contributed by atoms with E-state index in [1.165, 1.54) is 4.88 Å². The Morgan fingerprint density at radius 3 is 2.66 bits per heavy atom. The first-order valence-electron chi connectivity index (χ1n) is 9.59. The second kappa shape index (κ2) is 14.2. The number of thiophene rings is 1. The number of nitrogens with one attached hydrogen (secondary N) is 3. The molecule has 6 nitrogen and oxygen atoms in total. The summed E-state index contributed by atoms with van der Waals surface area (Å²) in [6, 6.07) is 11.4. The van der Waals surface area contributed by atoms with Gasteiger partial charge in [-0.15, -0.1) is 35.3 Å². The van der Waals surface area contributed by atoms with Crippen molar-refractivity contribution in [2.24, 2.45) is 10.9 Å². The van der Waals surface area contributed by atoms with Crippen LogP contribution in [0.5, 0.6) is 5.75 Å². The van der Waals surface area contributed by atoms with Crippen molar-refractivity contribution >= 4 is 47.2 Å². The van der Waals surface area contributed by atoms with Gasteiger partial charge in [-0.3, -0.25) is 9.79 Å². The highest BCUT2D eigenvalue weighted by Crippen LogP contribution is 2.14. The Balaban J connectivity index is 0.00000420. The number of nitrogens with zero attached hydrogens (tertiary/aromatic N) is 1. The minimum absolute atomic E-state index is 0. The van der Waals surface area contributed by atoms with E-state index >= 15 is 0 Å². The maximum atomic E-state index is 12.2. The molecule has 1 aromatic carbocycles. The maximum Gasteiger partial charge on any atom is 0.251 e. The Morgan fingerprint density at radius 2 is 1.97 bits per heavy atom. The van der Waals surface area contributed by atoms with Gasteiger partial charge in [0, 0.05) is 36.6 Å². The number of halogens is 1. The average molecular weight is 530 g/mol. The number of rotatable bonds is 10. The summed E-state index contributed by atoms with van der Waals surface area (Å²) < 4.78 is 5.15. The zero-order valence-corrected chi connectivity index (χ0v) is 20.4. The van der Waals surface area contributed by atoms with Crippen LogP contribution in [0.25, 0.3) is 0 Å². The fourth-order valence-electron chi connectivity index (χ4n) is 2.65. The maximum absolute atomic E-state index is 12.2. The third-order valence-electron chi connectivity index (χ3n) is 4.07. The minimum atomic E-state index is -0.118. The summed E-state index contributed by atoms with van der Waals surface area (Å²) >= 11 is 1.79. The lowest BCUT2D eigenvalue weighted by atomic mass is 10.1. The molecule has 1 atom stereocenters. The molecule has 0 aliphatic rings. The second-order valence-corrected chi connectivity index (χ2v) is 7.56. The van der Waals surface area contributed by atoms with E-state index in [2.05, 4.69) is 45.4 Å². The number of aliphatic imine (C=N–C) groups is 1. The van der Waals surface area contributed by atoms with Crippen LogP contribution in [-0.2, 0) is 6.42 Å². The highest BCUT2D eigenvalue weighted by atomic mass is 127. The van der Waals surface area contributed by atoms with Gasteiger partial charge in [0.2, 0.25) is 0 Å². The van der Waals surface area contributed by atoms with Crippen molar-refractivity contribution in [3.05, 3.63) is 52.2 Å². The van der Waals surface area contributed by atoms with Gasteiger partial charge in [-0.25, -0.2) is 0 Å². The van der Waals surface area contributed by atoms with Crippen LogP contribution >= 0.6 is 35.3 Å². The Kier molecular flexibility index (Phi) is 12.4. The van der Waals surface area contributed by atoms with E-state index in [1.54, 1.807) is 36.6 Å². The minimum Gasteiger partial charge on any atom is -0.497 e. The lowest BCUT2D eigenvalue weighted by Gasteiger charge is -2.13. The van der Waals surface area contributed by atoms with E-state index in [4.69, 9.17) is 4.74 Å². The molecule has 0 aliphatic carbocycles. The molecular weight excluding hydrogens is 499 g/mol. The lowest BCUT2D eigenvalue weighted by molar-refractivity contribution is 0.0954. The summed E-state index contributed by atoms with van der Waals surface area (Å²) in [4.78, 5) is 18.3. The Bertz CT molecular complexity index is 753. The van der Waals surface area contributed by atoms with E-state index in [0.29, 0.717) is 30.3 Å². The van der Waals surface area contributed by atoms with Crippen molar-refractivity contribution in [2.75, 3.05) is 33.3 Å². The molecule has 0 radical (unpaired) electrons. The number of guanidine groups is 1. The van der Waals surface area contributed by atoms with Crippen molar-refractivity contribution in [1.29, 1.82) is 0 Å². The van der Waals surface area contributed by atoms with Crippen molar-refractivity contribution in [1.82, 2.24) is 16.0 Å². The fraction of sp³-hybridized carbons (Fsp3) is 0.429. The van der Waals surface area contributed by atoms with Gasteiger partial charge < -0.3 is 20.7 Å². The van der Waals surface area contributed by atoms with Gasteiger partial charge in [0.05, 0.1) is 7.11 Å². The molecule has 1 heterocycles. The van der Waals surface area contributed by atoms with Crippen LogP contribution < -0.4 is 20.7 Å². The molecule has 160 valence electrons. The number of methoxy groups -OCH3 is 1. The molecule has 0 bridgehead atoms. The first-order valence-corrected chi connectivity index (χ1v) is 10.5. The van der Waals surface area contributed by atoms with Crippen LogP contribution in [-0.4, -0.2) is 45.2 Å². The predicted molar refractivity (Wildman–Crippen MR) is 132 cm³/mol. The summed E-state index contributed by atoms with van der Waals surface area (Å²) in [5.74, 6) is 1.80. The molecule has 8 heteroatoms. The van der Waals surface area contributed by atoms with Crippen LogP contribution in [0.3, 0.4) is 0 Å². The number of carbonyl (C=O) groups is 1. The van der Waals surface area contributed by atoms with Crippen LogP contribution in [0.15, 0.2) is 46.8 Å². The molecule has 1 amide bonds. The molecule has 1 aromatic heterocycles. The fourth-order valence-corrected chi connectivity index (χ4v) is 3.52. The molecular formula is C21H31IN4O2S. The quantitative estimate of drug-likeness (QED) is 0.190. The molecule has 1 unspecified atom stereocenters. The standard InChI is InChI=1S/C21H30N4O2S.HI/c1-4-22-21(25-15-16(2)13-19-9-6-12-28-19)24-11-10-23-20(26)17-7-5-8-18(14-17)27-3;/h5-9,12,14,16H,4,10-11,13,15H2,1-3H3,(H,23,26)(H2,22,24,25);1H. The van der Waals surface area contributed by atoms with Gasteiger partial charge >= 0.3 is 0 Å². The van der Waals surface area contributed by atoms with Crippen LogP contribution in [0.4, 0.5) is 0 Å². The van der Waals surface area contributed by atoms with Crippen molar-refractivity contribution in [2.45, 2.75) is 20.3 Å². The number of benzene rings is 1. The molecule has 2 rings (SSSR count). The van der Waals surface area contributed by atoms with Gasteiger partial charge in [-0.2, -0.15) is 0 Å². The van der Waals surface area contributed by atoms with Gasteiger partial charge in [0.1, 0.15) is 5.75 Å². The summed E-state index contributed by atoms with van der Waals surface area (Å²) in [5.41, 5.74) is 0.585. The number of ether oxygens (including phenoxy) is 1. The van der Waals surface area contributed by atoms with Crippen LogP contribution in [0.2, 0.25) is 0 Å². The number of hydrogen-bond donors (Lipinski definition) is 3. The van der Waals surface area contributed by atoms with Gasteiger partial charge in [-0.05, 0) is 48.9 Å². The molecule has 0 aliphatic heterocycles. The highest BCUT2D eigenvalue weighted by Gasteiger charge is 2.07. The lowest BCUT2D eigenvalue weighted by Crippen LogP contribution is -2.41. The number of amides is 1. The van der Waals surface area contributed by atoms with Gasteiger partial charge in [-0.1, -0.05) is 19.1 Å². The molecule has 0 saturated heterocycles. The molecule has 0 fully saturated rings. The smallest absolute Gasteiger partial charge is 0.251 e. The Morgan fingerprint density at radius 1 is 1.17 bits per heavy atom. The van der Waals surface area contributed by atoms with Crippen molar-refractivity contribution in [3.8, 4) is 5.75 Å². The van der Waals surface area contributed by atoms with E-state index in [0.717, 1.165) is 25.5 Å². The summed E-state index contributed by atoms with van der Waals surface area (Å²) in [6.07, 6.45) is 1.04. The highest BCUT2D eigenvalue weighted by molar-refractivity contribution is 14.0. The van der Waals surface area contributed by atoms with E-state index in [1.807, 2.05) is 13.0 Å². The monoisotopic (exact) mass is 530 g/mol. The van der Waals surface area contributed by atoms with E-state index < -0.39 is 0 Å². The first kappa shape index (κ1) is 25.2. The molecule has 2 aromatic rings. The normalized spacial score (nSPS) is 11.9. The zero-order chi connectivity index (χ0) is 20.2. The van der Waals surface area contributed by atoms with Gasteiger partial charge in [0.15, 0.2) is 5.96 Å².